The first kappa shape index (κ1) is 17.2. The molecule has 0 bridgehead atoms. The zero-order valence-electron chi connectivity index (χ0n) is 14.1. The van der Waals surface area contributed by atoms with E-state index in [2.05, 4.69) is 0 Å². The third kappa shape index (κ3) is 3.30. The lowest BCUT2D eigenvalue weighted by atomic mass is 9.96. The van der Waals surface area contributed by atoms with Crippen LogP contribution in [0.25, 0.3) is 22.3 Å². The second kappa shape index (κ2) is 6.73. The second-order valence-corrected chi connectivity index (χ2v) is 6.39. The molecule has 1 aromatic heterocycles. The molecule has 3 rings (SSSR count). The summed E-state index contributed by atoms with van der Waals surface area (Å²) in [5, 5.41) is 1.05. The van der Waals surface area contributed by atoms with Gasteiger partial charge < -0.3 is 9.15 Å². The van der Waals surface area contributed by atoms with Crippen LogP contribution in [0.5, 0.6) is 0 Å². The molecule has 1 unspecified atom stereocenters. The van der Waals surface area contributed by atoms with Crippen molar-refractivity contribution in [2.45, 2.75) is 19.8 Å². The smallest absolute Gasteiger partial charge is 0.312 e. The third-order valence-electron chi connectivity index (χ3n) is 4.15. The van der Waals surface area contributed by atoms with Gasteiger partial charge in [-0.15, -0.1) is 0 Å². The van der Waals surface area contributed by atoms with E-state index < -0.39 is 5.92 Å². The predicted octanol–water partition coefficient (Wildman–Crippen LogP) is 4.70. The van der Waals surface area contributed by atoms with Gasteiger partial charge in [-0.1, -0.05) is 17.7 Å². The largest absolute Gasteiger partial charge is 0.469 e. The number of methoxy groups -OCH3 is 1. The Morgan fingerprint density at radius 2 is 1.84 bits per heavy atom. The van der Waals surface area contributed by atoms with Crippen molar-refractivity contribution in [3.63, 3.8) is 0 Å². The van der Waals surface area contributed by atoms with Crippen molar-refractivity contribution in [2.75, 3.05) is 7.11 Å². The van der Waals surface area contributed by atoms with Gasteiger partial charge in [0.2, 0.25) is 0 Å². The van der Waals surface area contributed by atoms with Crippen LogP contribution in [0.15, 0.2) is 51.7 Å². The molecular weight excluding hydrogens is 340 g/mol. The van der Waals surface area contributed by atoms with Gasteiger partial charge in [-0.05, 0) is 49.7 Å². The number of benzene rings is 2. The van der Waals surface area contributed by atoms with Crippen molar-refractivity contribution in [1.82, 2.24) is 0 Å². The summed E-state index contributed by atoms with van der Waals surface area (Å²) >= 11 is 5.92. The number of hydrogen-bond donors (Lipinski definition) is 0. The normalized spacial score (nSPS) is 12.2. The summed E-state index contributed by atoms with van der Waals surface area (Å²) in [4.78, 5) is 24.6. The number of esters is 1. The first-order valence-electron chi connectivity index (χ1n) is 7.83. The number of hydrogen-bond acceptors (Lipinski definition) is 4. The molecule has 0 spiro atoms. The van der Waals surface area contributed by atoms with E-state index in [1.165, 1.54) is 13.2 Å². The predicted molar refractivity (Wildman–Crippen MR) is 98.1 cm³/mol. The Bertz CT molecular complexity index is 1000. The first-order valence-corrected chi connectivity index (χ1v) is 8.20. The van der Waals surface area contributed by atoms with Crippen molar-refractivity contribution < 1.29 is 13.9 Å². The van der Waals surface area contributed by atoms with Crippen LogP contribution in [-0.2, 0) is 9.53 Å². The van der Waals surface area contributed by atoms with E-state index in [-0.39, 0.29) is 11.4 Å². The van der Waals surface area contributed by atoms with E-state index in [0.29, 0.717) is 27.3 Å². The topological polar surface area (TPSA) is 56.5 Å². The van der Waals surface area contributed by atoms with E-state index in [1.54, 1.807) is 37.3 Å². The van der Waals surface area contributed by atoms with Crippen LogP contribution < -0.4 is 5.43 Å². The standard InChI is InChI=1S/C20H17ClO4/c1-11-8-15(12(2)20(23)24-3)19-16(9-11)17(22)10-18(25-19)13-4-6-14(21)7-5-13/h4-10,12H,1-3H3. The van der Waals surface area contributed by atoms with E-state index in [9.17, 15) is 9.59 Å². The molecule has 1 atom stereocenters. The highest BCUT2D eigenvalue weighted by Gasteiger charge is 2.21. The number of aryl methyl sites for hydroxylation is 1. The Morgan fingerprint density at radius 1 is 1.16 bits per heavy atom. The Kier molecular flexibility index (Phi) is 4.64. The molecule has 0 aliphatic rings. The zero-order valence-corrected chi connectivity index (χ0v) is 14.9. The van der Waals surface area contributed by atoms with E-state index in [0.717, 1.165) is 11.1 Å². The molecule has 25 heavy (non-hydrogen) atoms. The van der Waals surface area contributed by atoms with Crippen LogP contribution in [0, 0.1) is 6.92 Å². The molecule has 0 saturated heterocycles. The van der Waals surface area contributed by atoms with Gasteiger partial charge in [-0.25, -0.2) is 0 Å². The van der Waals surface area contributed by atoms with Crippen LogP contribution in [0.1, 0.15) is 24.0 Å². The minimum atomic E-state index is -0.545. The van der Waals surface area contributed by atoms with Gasteiger partial charge in [0, 0.05) is 22.2 Å². The van der Waals surface area contributed by atoms with Gasteiger partial charge in [0.05, 0.1) is 18.4 Å². The van der Waals surface area contributed by atoms with Crippen LogP contribution in [-0.4, -0.2) is 13.1 Å². The maximum atomic E-state index is 12.6. The number of rotatable bonds is 3. The number of halogens is 1. The summed E-state index contributed by atoms with van der Waals surface area (Å²) in [5.41, 5.74) is 2.49. The minimum absolute atomic E-state index is 0.159. The quantitative estimate of drug-likeness (QED) is 0.638. The number of fused-ring (bicyclic) bond motifs is 1. The van der Waals surface area contributed by atoms with Crippen LogP contribution >= 0.6 is 11.6 Å². The Morgan fingerprint density at radius 3 is 2.48 bits per heavy atom. The molecule has 3 aromatic rings. The van der Waals surface area contributed by atoms with Gasteiger partial charge in [0.15, 0.2) is 5.43 Å². The number of ether oxygens (including phenoxy) is 1. The zero-order chi connectivity index (χ0) is 18.1. The first-order chi connectivity index (χ1) is 11.9. The van der Waals surface area contributed by atoms with Crippen molar-refractivity contribution >= 4 is 28.5 Å². The van der Waals surface area contributed by atoms with Crippen molar-refractivity contribution in [3.05, 3.63) is 68.8 Å². The van der Waals surface area contributed by atoms with Crippen molar-refractivity contribution in [3.8, 4) is 11.3 Å². The average Bonchev–Trinajstić information content (AvgIpc) is 2.61. The molecule has 4 nitrogen and oxygen atoms in total. The molecule has 0 N–H and O–H groups in total. The summed E-state index contributed by atoms with van der Waals surface area (Å²) in [5.74, 6) is -0.501. The molecule has 0 aliphatic carbocycles. The summed E-state index contributed by atoms with van der Waals surface area (Å²) in [6.45, 7) is 3.61. The maximum absolute atomic E-state index is 12.6. The Labute approximate surface area is 150 Å². The number of carbonyl (C=O) groups is 1. The molecule has 0 aliphatic heterocycles. The molecule has 1 heterocycles. The minimum Gasteiger partial charge on any atom is -0.469 e. The highest BCUT2D eigenvalue weighted by Crippen LogP contribution is 2.30. The summed E-state index contributed by atoms with van der Waals surface area (Å²) in [6.07, 6.45) is 0. The molecule has 2 aromatic carbocycles. The van der Waals surface area contributed by atoms with Gasteiger partial charge in [0.25, 0.3) is 0 Å². The Balaban J connectivity index is 2.28. The fourth-order valence-electron chi connectivity index (χ4n) is 2.82. The van der Waals surface area contributed by atoms with Crippen LogP contribution in [0.4, 0.5) is 0 Å². The fraction of sp³-hybridized carbons (Fsp3) is 0.200. The average molecular weight is 357 g/mol. The lowest BCUT2D eigenvalue weighted by Crippen LogP contribution is -2.13. The molecular formula is C20H17ClO4. The van der Waals surface area contributed by atoms with Gasteiger partial charge >= 0.3 is 5.97 Å². The Hall–Kier alpha value is -2.59. The fourth-order valence-corrected chi connectivity index (χ4v) is 2.94. The van der Waals surface area contributed by atoms with Crippen LogP contribution in [0.2, 0.25) is 5.02 Å². The highest BCUT2D eigenvalue weighted by atomic mass is 35.5. The van der Waals surface area contributed by atoms with Crippen LogP contribution in [0.3, 0.4) is 0 Å². The summed E-state index contributed by atoms with van der Waals surface area (Å²) < 4.78 is 10.9. The van der Waals surface area contributed by atoms with Crippen molar-refractivity contribution in [1.29, 1.82) is 0 Å². The summed E-state index contributed by atoms with van der Waals surface area (Å²) in [7, 11) is 1.34. The molecule has 0 fully saturated rings. The molecule has 0 radical (unpaired) electrons. The monoisotopic (exact) mass is 356 g/mol. The molecule has 5 heteroatoms. The lowest BCUT2D eigenvalue weighted by Gasteiger charge is -2.13. The lowest BCUT2D eigenvalue weighted by molar-refractivity contribution is -0.141. The van der Waals surface area contributed by atoms with Gasteiger partial charge in [-0.2, -0.15) is 0 Å². The number of carbonyl (C=O) groups excluding carboxylic acids is 1. The summed E-state index contributed by atoms with van der Waals surface area (Å²) in [6, 6.07) is 12.1. The molecule has 0 amide bonds. The van der Waals surface area contributed by atoms with Gasteiger partial charge in [0.1, 0.15) is 11.3 Å². The second-order valence-electron chi connectivity index (χ2n) is 5.96. The maximum Gasteiger partial charge on any atom is 0.312 e. The molecule has 0 saturated carbocycles. The molecule has 128 valence electrons. The highest BCUT2D eigenvalue weighted by molar-refractivity contribution is 6.30. The van der Waals surface area contributed by atoms with E-state index in [1.807, 2.05) is 13.0 Å². The van der Waals surface area contributed by atoms with Crippen molar-refractivity contribution in [2.24, 2.45) is 0 Å². The SMILES string of the molecule is COC(=O)C(C)c1cc(C)cc2c(=O)cc(-c3ccc(Cl)cc3)oc12. The van der Waals surface area contributed by atoms with Gasteiger partial charge in [-0.3, -0.25) is 9.59 Å². The third-order valence-corrected chi connectivity index (χ3v) is 4.40. The van der Waals surface area contributed by atoms with E-state index >= 15 is 0 Å². The van der Waals surface area contributed by atoms with E-state index in [4.69, 9.17) is 20.8 Å².